The van der Waals surface area contributed by atoms with Crippen molar-refractivity contribution in [3.63, 3.8) is 0 Å². The monoisotopic (exact) mass is 253 g/mol. The minimum Gasteiger partial charge on any atom is -0.481 e. The molecule has 5 atom stereocenters. The van der Waals surface area contributed by atoms with Crippen LogP contribution < -0.4 is 0 Å². The van der Waals surface area contributed by atoms with Gasteiger partial charge in [0.25, 0.3) is 0 Å². The summed E-state index contributed by atoms with van der Waals surface area (Å²) in [5, 5.41) is 18.7. The molecule has 2 aliphatic carbocycles. The maximum atomic E-state index is 12.1. The topological polar surface area (TPSA) is 77.8 Å². The zero-order chi connectivity index (χ0) is 12.9. The number of aliphatic hydroxyl groups excluding tert-OH is 1. The highest BCUT2D eigenvalue weighted by Gasteiger charge is 2.59. The quantitative estimate of drug-likeness (QED) is 0.763. The Morgan fingerprint density at radius 2 is 1.94 bits per heavy atom. The molecule has 2 N–H and O–H groups in total. The summed E-state index contributed by atoms with van der Waals surface area (Å²) < 4.78 is 0. The van der Waals surface area contributed by atoms with Gasteiger partial charge >= 0.3 is 5.97 Å². The molecule has 5 unspecified atom stereocenters. The van der Waals surface area contributed by atoms with Gasteiger partial charge in [-0.05, 0) is 37.0 Å². The van der Waals surface area contributed by atoms with E-state index in [2.05, 4.69) is 0 Å². The number of rotatable bonds is 4. The molecule has 5 heteroatoms. The summed E-state index contributed by atoms with van der Waals surface area (Å²) in [6, 6.07) is 0.0195. The molecule has 3 rings (SSSR count). The van der Waals surface area contributed by atoms with Crippen LogP contribution in [-0.4, -0.2) is 45.7 Å². The Balaban J connectivity index is 1.60. The molecule has 3 fully saturated rings. The lowest BCUT2D eigenvalue weighted by Crippen LogP contribution is -2.43. The first-order valence-electron chi connectivity index (χ1n) is 6.77. The molecule has 1 amide bonds. The molecule has 0 aromatic carbocycles. The fourth-order valence-electron chi connectivity index (χ4n) is 4.23. The number of likely N-dealkylation sites (tertiary alicyclic amines) is 1. The van der Waals surface area contributed by atoms with Gasteiger partial charge in [0.2, 0.25) is 5.91 Å². The fourth-order valence-corrected chi connectivity index (χ4v) is 4.23. The first-order chi connectivity index (χ1) is 8.58. The number of carboxylic acids is 1. The summed E-state index contributed by atoms with van der Waals surface area (Å²) in [6.07, 6.45) is 2.50. The highest BCUT2D eigenvalue weighted by atomic mass is 16.4. The number of fused-ring (bicyclic) bond motifs is 1. The molecular formula is C13H19NO4. The summed E-state index contributed by atoms with van der Waals surface area (Å²) >= 11 is 0. The zero-order valence-electron chi connectivity index (χ0n) is 10.3. The number of aliphatic carboxylic acids is 1. The van der Waals surface area contributed by atoms with Crippen molar-refractivity contribution in [2.24, 2.45) is 17.8 Å². The predicted octanol–water partition coefficient (Wildman–Crippen LogP) is 0.469. The second-order valence-corrected chi connectivity index (χ2v) is 5.93. The Labute approximate surface area is 106 Å². The van der Waals surface area contributed by atoms with E-state index in [-0.39, 0.29) is 24.5 Å². The van der Waals surface area contributed by atoms with Crippen LogP contribution in [0.2, 0.25) is 0 Å². The standard InChI is InChI=1S/C13H19NO4/c15-10(2-1-3-11(16)17)14-6-8-4-7-5-9(8)12(14)13(7)18/h7-9,12-13,18H,1-6H2,(H,16,17). The molecular weight excluding hydrogens is 234 g/mol. The molecule has 0 aromatic rings. The Kier molecular flexibility index (Phi) is 2.81. The Morgan fingerprint density at radius 1 is 1.17 bits per heavy atom. The Bertz CT molecular complexity index is 381. The van der Waals surface area contributed by atoms with Gasteiger partial charge in [-0.15, -0.1) is 0 Å². The number of hydrogen-bond donors (Lipinski definition) is 2. The normalized spacial score (nSPS) is 40.5. The van der Waals surface area contributed by atoms with Crippen LogP contribution in [-0.2, 0) is 9.59 Å². The second-order valence-electron chi connectivity index (χ2n) is 5.93. The van der Waals surface area contributed by atoms with Crippen molar-refractivity contribution in [2.45, 2.75) is 44.2 Å². The van der Waals surface area contributed by atoms with Gasteiger partial charge in [0.1, 0.15) is 0 Å². The Hall–Kier alpha value is -1.10. The van der Waals surface area contributed by atoms with Gasteiger partial charge in [-0.25, -0.2) is 0 Å². The molecule has 100 valence electrons. The van der Waals surface area contributed by atoms with E-state index in [0.29, 0.717) is 30.6 Å². The number of hydrogen-bond acceptors (Lipinski definition) is 3. The van der Waals surface area contributed by atoms with E-state index in [1.54, 1.807) is 0 Å². The number of carboxylic acid groups (broad SMARTS) is 1. The molecule has 0 spiro atoms. The Morgan fingerprint density at radius 3 is 2.61 bits per heavy atom. The van der Waals surface area contributed by atoms with Gasteiger partial charge < -0.3 is 15.1 Å². The molecule has 18 heavy (non-hydrogen) atoms. The van der Waals surface area contributed by atoms with E-state index in [1.165, 1.54) is 0 Å². The molecule has 1 heterocycles. The van der Waals surface area contributed by atoms with E-state index in [9.17, 15) is 14.7 Å². The molecule has 2 saturated carbocycles. The van der Waals surface area contributed by atoms with Crippen LogP contribution in [0, 0.1) is 17.8 Å². The predicted molar refractivity (Wildman–Crippen MR) is 62.7 cm³/mol. The SMILES string of the molecule is O=C(O)CCCC(=O)N1CC2CC3CC2C1C3O. The molecule has 1 aliphatic heterocycles. The smallest absolute Gasteiger partial charge is 0.303 e. The molecule has 3 aliphatic rings. The summed E-state index contributed by atoms with van der Waals surface area (Å²) in [5.41, 5.74) is 0. The van der Waals surface area contributed by atoms with Gasteiger partial charge in [-0.2, -0.15) is 0 Å². The molecule has 0 radical (unpaired) electrons. The maximum absolute atomic E-state index is 12.1. The van der Waals surface area contributed by atoms with E-state index in [1.807, 2.05) is 4.90 Å². The highest BCUT2D eigenvalue weighted by molar-refractivity contribution is 5.78. The van der Waals surface area contributed by atoms with Crippen LogP contribution in [0.5, 0.6) is 0 Å². The van der Waals surface area contributed by atoms with Gasteiger partial charge in [0, 0.05) is 19.4 Å². The van der Waals surface area contributed by atoms with Gasteiger partial charge in [-0.1, -0.05) is 0 Å². The van der Waals surface area contributed by atoms with Crippen LogP contribution in [0.1, 0.15) is 32.1 Å². The van der Waals surface area contributed by atoms with E-state index >= 15 is 0 Å². The lowest BCUT2D eigenvalue weighted by molar-refractivity contribution is -0.137. The highest BCUT2D eigenvalue weighted by Crippen LogP contribution is 2.54. The summed E-state index contributed by atoms with van der Waals surface area (Å²) in [4.78, 5) is 24.4. The third-order valence-electron chi connectivity index (χ3n) is 4.95. The second kappa shape index (κ2) is 4.23. The van der Waals surface area contributed by atoms with Crippen LogP contribution >= 0.6 is 0 Å². The number of aliphatic hydroxyl groups is 1. The minimum absolute atomic E-state index is 0.0195. The fraction of sp³-hybridized carbons (Fsp3) is 0.846. The molecule has 0 aromatic heterocycles. The van der Waals surface area contributed by atoms with E-state index in [0.717, 1.165) is 19.4 Å². The average molecular weight is 253 g/mol. The minimum atomic E-state index is -0.856. The third-order valence-corrected chi connectivity index (χ3v) is 4.95. The van der Waals surface area contributed by atoms with E-state index in [4.69, 9.17) is 5.11 Å². The van der Waals surface area contributed by atoms with Crippen LogP contribution in [0.15, 0.2) is 0 Å². The van der Waals surface area contributed by atoms with E-state index < -0.39 is 5.97 Å². The lowest BCUT2D eigenvalue weighted by Gasteiger charge is -2.28. The van der Waals surface area contributed by atoms with Crippen molar-refractivity contribution in [1.82, 2.24) is 4.90 Å². The largest absolute Gasteiger partial charge is 0.481 e. The maximum Gasteiger partial charge on any atom is 0.303 e. The van der Waals surface area contributed by atoms with Gasteiger partial charge in [0.15, 0.2) is 0 Å². The number of carbonyl (C=O) groups is 2. The zero-order valence-corrected chi connectivity index (χ0v) is 10.3. The number of nitrogens with zero attached hydrogens (tertiary/aromatic N) is 1. The number of carbonyl (C=O) groups excluding carboxylic acids is 1. The van der Waals surface area contributed by atoms with Crippen LogP contribution in [0.4, 0.5) is 0 Å². The number of amides is 1. The van der Waals surface area contributed by atoms with Crippen LogP contribution in [0.25, 0.3) is 0 Å². The van der Waals surface area contributed by atoms with Gasteiger partial charge in [0.05, 0.1) is 12.1 Å². The first-order valence-corrected chi connectivity index (χ1v) is 6.77. The summed E-state index contributed by atoms with van der Waals surface area (Å²) in [7, 11) is 0. The van der Waals surface area contributed by atoms with Crippen molar-refractivity contribution in [1.29, 1.82) is 0 Å². The van der Waals surface area contributed by atoms with Crippen LogP contribution in [0.3, 0.4) is 0 Å². The third kappa shape index (κ3) is 1.72. The summed E-state index contributed by atoms with van der Waals surface area (Å²) in [6.45, 7) is 0.773. The molecule has 2 bridgehead atoms. The first kappa shape index (κ1) is 12.0. The van der Waals surface area contributed by atoms with Crippen molar-refractivity contribution >= 4 is 11.9 Å². The average Bonchev–Trinajstić information content (AvgIpc) is 2.88. The van der Waals surface area contributed by atoms with Crippen molar-refractivity contribution in [3.8, 4) is 0 Å². The van der Waals surface area contributed by atoms with Crippen molar-refractivity contribution < 1.29 is 19.8 Å². The van der Waals surface area contributed by atoms with Gasteiger partial charge in [-0.3, -0.25) is 9.59 Å². The van der Waals surface area contributed by atoms with Crippen molar-refractivity contribution in [2.75, 3.05) is 6.54 Å². The van der Waals surface area contributed by atoms with Crippen molar-refractivity contribution in [3.05, 3.63) is 0 Å². The summed E-state index contributed by atoms with van der Waals surface area (Å²) in [5.74, 6) is 0.627. The molecule has 1 saturated heterocycles. The molecule has 5 nitrogen and oxygen atoms in total. The lowest BCUT2D eigenvalue weighted by atomic mass is 9.88.